The lowest BCUT2D eigenvalue weighted by Crippen LogP contribution is -2.29. The van der Waals surface area contributed by atoms with Crippen LogP contribution in [0.5, 0.6) is 0 Å². The van der Waals surface area contributed by atoms with E-state index in [2.05, 4.69) is 11.8 Å². The molecule has 4 nitrogen and oxygen atoms in total. The van der Waals surface area contributed by atoms with E-state index in [4.69, 9.17) is 9.84 Å². The minimum absolute atomic E-state index is 0.172. The Morgan fingerprint density at radius 1 is 1.57 bits per heavy atom. The third-order valence-corrected chi connectivity index (χ3v) is 3.49. The van der Waals surface area contributed by atoms with Crippen molar-refractivity contribution in [2.24, 2.45) is 5.92 Å². The van der Waals surface area contributed by atoms with E-state index >= 15 is 0 Å². The Kier molecular flexibility index (Phi) is 5.32. The van der Waals surface area contributed by atoms with Crippen LogP contribution in [0.2, 0.25) is 0 Å². The van der Waals surface area contributed by atoms with Crippen LogP contribution < -0.4 is 0 Å². The van der Waals surface area contributed by atoms with E-state index in [9.17, 15) is 9.18 Å². The summed E-state index contributed by atoms with van der Waals surface area (Å²) in [6, 6.07) is 4.23. The van der Waals surface area contributed by atoms with Gasteiger partial charge in [0.25, 0.3) is 5.91 Å². The first-order valence-corrected chi connectivity index (χ1v) is 6.83. The number of halogens is 1. The maximum Gasteiger partial charge on any atom is 0.253 e. The molecule has 1 unspecified atom stereocenters. The number of methoxy groups -OCH3 is 1. The Balaban J connectivity index is 2.08. The molecule has 1 fully saturated rings. The molecule has 0 spiro atoms. The van der Waals surface area contributed by atoms with Gasteiger partial charge in [0.2, 0.25) is 0 Å². The molecule has 0 saturated carbocycles. The molecule has 0 bridgehead atoms. The number of nitrogens with zero attached hydrogens (tertiary/aromatic N) is 1. The van der Waals surface area contributed by atoms with Crippen molar-refractivity contribution in [3.05, 3.63) is 35.1 Å². The lowest BCUT2D eigenvalue weighted by Gasteiger charge is -2.16. The van der Waals surface area contributed by atoms with Crippen molar-refractivity contribution < 1.29 is 19.0 Å². The third kappa shape index (κ3) is 3.81. The van der Waals surface area contributed by atoms with Gasteiger partial charge in [0.1, 0.15) is 12.4 Å². The monoisotopic (exact) mass is 291 g/mol. The van der Waals surface area contributed by atoms with Crippen LogP contribution in [0.4, 0.5) is 4.39 Å². The first kappa shape index (κ1) is 15.5. The van der Waals surface area contributed by atoms with Crippen LogP contribution in [0.25, 0.3) is 0 Å². The van der Waals surface area contributed by atoms with Gasteiger partial charge in [-0.05, 0) is 24.6 Å². The largest absolute Gasteiger partial charge is 0.384 e. The van der Waals surface area contributed by atoms with E-state index in [1.165, 1.54) is 12.1 Å². The molecule has 1 saturated heterocycles. The fraction of sp³-hybridized carbons (Fsp3) is 0.438. The Hall–Kier alpha value is -1.90. The Morgan fingerprint density at radius 3 is 3.05 bits per heavy atom. The maximum atomic E-state index is 13.8. The van der Waals surface area contributed by atoms with E-state index in [0.717, 1.165) is 6.42 Å². The summed E-state index contributed by atoms with van der Waals surface area (Å²) < 4.78 is 18.9. The quantitative estimate of drug-likeness (QED) is 0.854. The molecule has 0 aromatic heterocycles. The molecule has 1 aromatic rings. The molecule has 21 heavy (non-hydrogen) atoms. The number of amides is 1. The molecule has 0 radical (unpaired) electrons. The zero-order chi connectivity index (χ0) is 15.2. The summed E-state index contributed by atoms with van der Waals surface area (Å²) in [7, 11) is 1.64. The van der Waals surface area contributed by atoms with Gasteiger partial charge in [0.15, 0.2) is 0 Å². The molecule has 1 heterocycles. The number of rotatable bonds is 3. The Morgan fingerprint density at radius 2 is 2.38 bits per heavy atom. The van der Waals surface area contributed by atoms with Crippen molar-refractivity contribution in [3.8, 4) is 11.8 Å². The fourth-order valence-electron chi connectivity index (χ4n) is 2.46. The van der Waals surface area contributed by atoms with E-state index in [0.29, 0.717) is 31.2 Å². The summed E-state index contributed by atoms with van der Waals surface area (Å²) in [4.78, 5) is 14.0. The second-order valence-electron chi connectivity index (χ2n) is 5.02. The molecular weight excluding hydrogens is 273 g/mol. The number of carbonyl (C=O) groups is 1. The SMILES string of the molecule is COCC1CCN(C(=O)c2ccc(C#CCO)c(F)c2)C1. The minimum atomic E-state index is -0.547. The van der Waals surface area contributed by atoms with Gasteiger partial charge in [0.05, 0.1) is 12.2 Å². The number of carbonyl (C=O) groups excluding carboxylic acids is 1. The average molecular weight is 291 g/mol. The summed E-state index contributed by atoms with van der Waals surface area (Å²) in [5.41, 5.74) is 0.499. The predicted octanol–water partition coefficient (Wildman–Crippen LogP) is 1.28. The fourth-order valence-corrected chi connectivity index (χ4v) is 2.46. The molecule has 1 N–H and O–H groups in total. The summed E-state index contributed by atoms with van der Waals surface area (Å²) in [5.74, 6) is 4.52. The van der Waals surface area contributed by atoms with Crippen molar-refractivity contribution >= 4 is 5.91 Å². The van der Waals surface area contributed by atoms with Crippen molar-refractivity contribution in [1.82, 2.24) is 4.90 Å². The number of ether oxygens (including phenoxy) is 1. The standard InChI is InChI=1S/C16H18FNO3/c1-21-11-12-6-7-18(10-12)16(20)14-5-4-13(3-2-8-19)15(17)9-14/h4-5,9,12,19H,6-8,10-11H2,1H3. The van der Waals surface area contributed by atoms with Crippen LogP contribution in [0, 0.1) is 23.6 Å². The Bertz CT molecular complexity index is 577. The molecule has 1 amide bonds. The third-order valence-electron chi connectivity index (χ3n) is 3.49. The van der Waals surface area contributed by atoms with Crippen LogP contribution in [-0.4, -0.2) is 49.3 Å². The second kappa shape index (κ2) is 7.21. The number of hydrogen-bond donors (Lipinski definition) is 1. The van der Waals surface area contributed by atoms with Gasteiger partial charge in [-0.2, -0.15) is 0 Å². The van der Waals surface area contributed by atoms with Gasteiger partial charge in [0, 0.05) is 31.7 Å². The first-order chi connectivity index (χ1) is 10.2. The molecule has 5 heteroatoms. The van der Waals surface area contributed by atoms with Gasteiger partial charge in [-0.3, -0.25) is 4.79 Å². The lowest BCUT2D eigenvalue weighted by molar-refractivity contribution is 0.0775. The number of aliphatic hydroxyl groups excluding tert-OH is 1. The molecule has 2 rings (SSSR count). The number of hydrogen-bond acceptors (Lipinski definition) is 3. The Labute approximate surface area is 123 Å². The maximum absolute atomic E-state index is 13.8. The normalized spacial score (nSPS) is 17.5. The van der Waals surface area contributed by atoms with Gasteiger partial charge in [-0.25, -0.2) is 4.39 Å². The van der Waals surface area contributed by atoms with E-state index in [1.807, 2.05) is 0 Å². The van der Waals surface area contributed by atoms with Crippen LogP contribution in [-0.2, 0) is 4.74 Å². The second-order valence-corrected chi connectivity index (χ2v) is 5.02. The number of likely N-dealkylation sites (tertiary alicyclic amines) is 1. The summed E-state index contributed by atoms with van der Waals surface area (Å²) in [6.07, 6.45) is 0.905. The highest BCUT2D eigenvalue weighted by Gasteiger charge is 2.27. The highest BCUT2D eigenvalue weighted by Crippen LogP contribution is 2.20. The highest BCUT2D eigenvalue weighted by molar-refractivity contribution is 5.94. The number of aliphatic hydroxyl groups is 1. The molecule has 112 valence electrons. The van der Waals surface area contributed by atoms with Crippen LogP contribution in [0.1, 0.15) is 22.3 Å². The van der Waals surface area contributed by atoms with Gasteiger partial charge in [-0.1, -0.05) is 11.8 Å². The summed E-state index contributed by atoms with van der Waals surface area (Å²) in [5, 5.41) is 8.61. The van der Waals surface area contributed by atoms with Gasteiger partial charge >= 0.3 is 0 Å². The topological polar surface area (TPSA) is 49.8 Å². The smallest absolute Gasteiger partial charge is 0.253 e. The van der Waals surface area contributed by atoms with Crippen LogP contribution in [0.15, 0.2) is 18.2 Å². The first-order valence-electron chi connectivity index (χ1n) is 6.83. The van der Waals surface area contributed by atoms with Crippen molar-refractivity contribution in [2.45, 2.75) is 6.42 Å². The van der Waals surface area contributed by atoms with Crippen molar-refractivity contribution in [3.63, 3.8) is 0 Å². The average Bonchev–Trinajstić information content (AvgIpc) is 2.94. The highest BCUT2D eigenvalue weighted by atomic mass is 19.1. The van der Waals surface area contributed by atoms with E-state index in [-0.39, 0.29) is 18.1 Å². The lowest BCUT2D eigenvalue weighted by atomic mass is 10.1. The van der Waals surface area contributed by atoms with Gasteiger partial charge < -0.3 is 14.7 Å². The zero-order valence-electron chi connectivity index (χ0n) is 11.9. The van der Waals surface area contributed by atoms with E-state index < -0.39 is 5.82 Å². The van der Waals surface area contributed by atoms with Crippen LogP contribution >= 0.6 is 0 Å². The summed E-state index contributed by atoms with van der Waals surface area (Å²) >= 11 is 0. The predicted molar refractivity (Wildman–Crippen MR) is 76.3 cm³/mol. The minimum Gasteiger partial charge on any atom is -0.384 e. The van der Waals surface area contributed by atoms with Crippen molar-refractivity contribution in [1.29, 1.82) is 0 Å². The van der Waals surface area contributed by atoms with Gasteiger partial charge in [-0.15, -0.1) is 0 Å². The molecule has 0 aliphatic carbocycles. The van der Waals surface area contributed by atoms with Crippen molar-refractivity contribution in [2.75, 3.05) is 33.4 Å². The van der Waals surface area contributed by atoms with E-state index in [1.54, 1.807) is 18.1 Å². The molecule has 1 aliphatic rings. The molecule has 1 atom stereocenters. The summed E-state index contributed by atoms with van der Waals surface area (Å²) in [6.45, 7) is 1.61. The molecular formula is C16H18FNO3. The van der Waals surface area contributed by atoms with Crippen LogP contribution in [0.3, 0.4) is 0 Å². The molecule has 1 aliphatic heterocycles. The number of benzene rings is 1. The molecule has 1 aromatic carbocycles. The zero-order valence-corrected chi connectivity index (χ0v) is 11.9.